The molecule has 1 aliphatic rings. The van der Waals surface area contributed by atoms with Crippen molar-refractivity contribution >= 4 is 27.7 Å². The molecule has 1 N–H and O–H groups in total. The topological polar surface area (TPSA) is 58.6 Å². The second-order valence-corrected chi connectivity index (χ2v) is 5.46. The van der Waals surface area contributed by atoms with Crippen molar-refractivity contribution in [1.82, 2.24) is 10.2 Å². The van der Waals surface area contributed by atoms with Crippen LogP contribution in [0.15, 0.2) is 28.7 Å². The minimum atomic E-state index is -0.0960. The number of ether oxygens (including phenoxy) is 1. The van der Waals surface area contributed by atoms with Gasteiger partial charge in [-0.25, -0.2) is 0 Å². The van der Waals surface area contributed by atoms with Gasteiger partial charge in [0, 0.05) is 19.6 Å². The maximum Gasteiger partial charge on any atom is 0.260 e. The molecule has 1 saturated heterocycles. The number of rotatable bonds is 5. The van der Waals surface area contributed by atoms with E-state index in [1.165, 1.54) is 0 Å². The van der Waals surface area contributed by atoms with Gasteiger partial charge in [0.25, 0.3) is 5.91 Å². The average Bonchev–Trinajstić information content (AvgIpc) is 2.36. The fraction of sp³-hybridized carbons (Fsp3) is 0.429. The molecule has 0 bridgehead atoms. The van der Waals surface area contributed by atoms with Crippen molar-refractivity contribution < 1.29 is 14.3 Å². The molecule has 2 rings (SSSR count). The summed E-state index contributed by atoms with van der Waals surface area (Å²) >= 11 is 3.36. The van der Waals surface area contributed by atoms with E-state index in [9.17, 15) is 9.59 Å². The molecule has 1 heterocycles. The van der Waals surface area contributed by atoms with Crippen LogP contribution < -0.4 is 10.1 Å². The highest BCUT2D eigenvalue weighted by Gasteiger charge is 2.35. The van der Waals surface area contributed by atoms with E-state index in [1.807, 2.05) is 25.1 Å². The third-order valence-electron chi connectivity index (χ3n) is 3.14. The second kappa shape index (κ2) is 6.74. The SMILES string of the molecule is CCNC(=O)C1CN(C(=O)COc2ccccc2Br)C1. The van der Waals surface area contributed by atoms with E-state index >= 15 is 0 Å². The Hall–Kier alpha value is -1.56. The van der Waals surface area contributed by atoms with Gasteiger partial charge in [0.15, 0.2) is 6.61 Å². The Morgan fingerprint density at radius 1 is 1.40 bits per heavy atom. The molecule has 1 fully saturated rings. The smallest absolute Gasteiger partial charge is 0.260 e. The Labute approximate surface area is 126 Å². The lowest BCUT2D eigenvalue weighted by Crippen LogP contribution is -2.56. The summed E-state index contributed by atoms with van der Waals surface area (Å²) in [7, 11) is 0. The number of amides is 2. The Balaban J connectivity index is 1.75. The van der Waals surface area contributed by atoms with Crippen molar-refractivity contribution in [2.75, 3.05) is 26.2 Å². The molecule has 108 valence electrons. The van der Waals surface area contributed by atoms with E-state index in [2.05, 4.69) is 21.2 Å². The number of nitrogens with zero attached hydrogens (tertiary/aromatic N) is 1. The standard InChI is InChI=1S/C14H17BrN2O3/c1-2-16-14(19)10-7-17(8-10)13(18)9-20-12-6-4-3-5-11(12)15/h3-6,10H,2,7-9H2,1H3,(H,16,19). The van der Waals surface area contributed by atoms with Gasteiger partial charge >= 0.3 is 0 Å². The number of hydrogen-bond acceptors (Lipinski definition) is 3. The summed E-state index contributed by atoms with van der Waals surface area (Å²) in [6.07, 6.45) is 0. The molecule has 1 aromatic rings. The lowest BCUT2D eigenvalue weighted by molar-refractivity contribution is -0.144. The zero-order chi connectivity index (χ0) is 14.5. The predicted octanol–water partition coefficient (Wildman–Crippen LogP) is 1.42. The molecule has 1 aliphatic heterocycles. The number of hydrogen-bond donors (Lipinski definition) is 1. The van der Waals surface area contributed by atoms with Gasteiger partial charge in [0.2, 0.25) is 5.91 Å². The van der Waals surface area contributed by atoms with Crippen LogP contribution in [0.25, 0.3) is 0 Å². The fourth-order valence-corrected chi connectivity index (χ4v) is 2.36. The Morgan fingerprint density at radius 2 is 2.10 bits per heavy atom. The monoisotopic (exact) mass is 340 g/mol. The third kappa shape index (κ3) is 3.50. The van der Waals surface area contributed by atoms with Gasteiger partial charge in [-0.05, 0) is 35.0 Å². The first kappa shape index (κ1) is 14.8. The van der Waals surface area contributed by atoms with Crippen molar-refractivity contribution in [2.45, 2.75) is 6.92 Å². The van der Waals surface area contributed by atoms with Crippen LogP contribution in [0.1, 0.15) is 6.92 Å². The van der Waals surface area contributed by atoms with Crippen LogP contribution in [0.4, 0.5) is 0 Å². The molecule has 20 heavy (non-hydrogen) atoms. The Kier molecular flexibility index (Phi) is 5.00. The third-order valence-corrected chi connectivity index (χ3v) is 3.80. The van der Waals surface area contributed by atoms with Gasteiger partial charge in [0.05, 0.1) is 10.4 Å². The summed E-state index contributed by atoms with van der Waals surface area (Å²) in [5.41, 5.74) is 0. The molecule has 0 aromatic heterocycles. The van der Waals surface area contributed by atoms with Crippen LogP contribution in [0, 0.1) is 5.92 Å². The second-order valence-electron chi connectivity index (χ2n) is 4.61. The van der Waals surface area contributed by atoms with E-state index in [-0.39, 0.29) is 24.3 Å². The van der Waals surface area contributed by atoms with E-state index in [1.54, 1.807) is 11.0 Å². The van der Waals surface area contributed by atoms with Crippen LogP contribution in [0.2, 0.25) is 0 Å². The summed E-state index contributed by atoms with van der Waals surface area (Å²) in [5.74, 6) is 0.480. The highest BCUT2D eigenvalue weighted by Crippen LogP contribution is 2.24. The van der Waals surface area contributed by atoms with Crippen molar-refractivity contribution in [1.29, 1.82) is 0 Å². The van der Waals surface area contributed by atoms with Crippen LogP contribution in [0.3, 0.4) is 0 Å². The van der Waals surface area contributed by atoms with Crippen LogP contribution in [0.5, 0.6) is 5.75 Å². The van der Waals surface area contributed by atoms with E-state index < -0.39 is 0 Å². The van der Waals surface area contributed by atoms with E-state index in [0.717, 1.165) is 4.47 Å². The Bertz CT molecular complexity index is 501. The molecule has 0 radical (unpaired) electrons. The highest BCUT2D eigenvalue weighted by molar-refractivity contribution is 9.10. The Morgan fingerprint density at radius 3 is 2.75 bits per heavy atom. The fourth-order valence-electron chi connectivity index (χ4n) is 1.96. The number of carbonyl (C=O) groups is 2. The number of carbonyl (C=O) groups excluding carboxylic acids is 2. The summed E-state index contributed by atoms with van der Waals surface area (Å²) < 4.78 is 6.28. The number of nitrogens with one attached hydrogen (secondary N) is 1. The number of para-hydroxylation sites is 1. The molecule has 2 amide bonds. The zero-order valence-corrected chi connectivity index (χ0v) is 12.9. The van der Waals surface area contributed by atoms with Gasteiger partial charge < -0.3 is 15.0 Å². The van der Waals surface area contributed by atoms with Crippen molar-refractivity contribution in [3.63, 3.8) is 0 Å². The summed E-state index contributed by atoms with van der Waals surface area (Å²) in [4.78, 5) is 25.1. The lowest BCUT2D eigenvalue weighted by Gasteiger charge is -2.38. The van der Waals surface area contributed by atoms with Gasteiger partial charge in [-0.3, -0.25) is 9.59 Å². The van der Waals surface area contributed by atoms with E-state index in [0.29, 0.717) is 25.4 Å². The van der Waals surface area contributed by atoms with Crippen molar-refractivity contribution in [3.8, 4) is 5.75 Å². The summed E-state index contributed by atoms with van der Waals surface area (Å²) in [6, 6.07) is 7.38. The first-order valence-electron chi connectivity index (χ1n) is 6.54. The molecule has 0 aliphatic carbocycles. The zero-order valence-electron chi connectivity index (χ0n) is 11.3. The molecular weight excluding hydrogens is 324 g/mol. The molecule has 0 spiro atoms. The molecular formula is C14H17BrN2O3. The molecule has 5 nitrogen and oxygen atoms in total. The van der Waals surface area contributed by atoms with Crippen molar-refractivity contribution in [2.24, 2.45) is 5.92 Å². The molecule has 0 atom stereocenters. The first-order valence-corrected chi connectivity index (χ1v) is 7.34. The van der Waals surface area contributed by atoms with Crippen LogP contribution >= 0.6 is 15.9 Å². The molecule has 6 heteroatoms. The lowest BCUT2D eigenvalue weighted by atomic mass is 9.99. The number of benzene rings is 1. The van der Waals surface area contributed by atoms with Gasteiger partial charge in [-0.1, -0.05) is 12.1 Å². The largest absolute Gasteiger partial charge is 0.483 e. The minimum absolute atomic E-state index is 0.00920. The molecule has 0 saturated carbocycles. The number of halogens is 1. The maximum atomic E-state index is 11.9. The summed E-state index contributed by atoms with van der Waals surface area (Å²) in [5, 5.41) is 2.76. The average molecular weight is 341 g/mol. The van der Waals surface area contributed by atoms with Gasteiger partial charge in [-0.2, -0.15) is 0 Å². The first-order chi connectivity index (χ1) is 9.61. The summed E-state index contributed by atoms with van der Waals surface area (Å²) in [6.45, 7) is 3.44. The van der Waals surface area contributed by atoms with Crippen LogP contribution in [-0.2, 0) is 9.59 Å². The molecule has 1 aromatic carbocycles. The van der Waals surface area contributed by atoms with Gasteiger partial charge in [0.1, 0.15) is 5.75 Å². The van der Waals surface area contributed by atoms with Gasteiger partial charge in [-0.15, -0.1) is 0 Å². The van der Waals surface area contributed by atoms with Crippen molar-refractivity contribution in [3.05, 3.63) is 28.7 Å². The van der Waals surface area contributed by atoms with E-state index in [4.69, 9.17) is 4.74 Å². The predicted molar refractivity (Wildman–Crippen MR) is 78.4 cm³/mol. The quantitative estimate of drug-likeness (QED) is 0.881. The minimum Gasteiger partial charge on any atom is -0.483 e. The number of likely N-dealkylation sites (tertiary alicyclic amines) is 1. The maximum absolute atomic E-state index is 11.9. The molecule has 0 unspecified atom stereocenters. The highest BCUT2D eigenvalue weighted by atomic mass is 79.9. The van der Waals surface area contributed by atoms with Crippen LogP contribution in [-0.4, -0.2) is 43.0 Å². The normalized spacial score (nSPS) is 14.6.